The van der Waals surface area contributed by atoms with Crippen molar-refractivity contribution in [1.82, 2.24) is 19.8 Å². The van der Waals surface area contributed by atoms with E-state index >= 15 is 0 Å². The molecule has 1 N–H and O–H groups in total. The monoisotopic (exact) mass is 474 g/mol. The van der Waals surface area contributed by atoms with Gasteiger partial charge < -0.3 is 19.3 Å². The average molecular weight is 475 g/mol. The first-order chi connectivity index (χ1) is 17.2. The number of urea groups is 1. The van der Waals surface area contributed by atoms with Crippen molar-refractivity contribution in [3.8, 4) is 11.5 Å². The SMILES string of the molecule is CN=C(c1cccc(OCCc2cccc(OC)c2)c1)N1CCN(C(=O)Nc2cnccn2)CC1. The minimum absolute atomic E-state index is 0.174. The van der Waals surface area contributed by atoms with Gasteiger partial charge in [0.2, 0.25) is 0 Å². The van der Waals surface area contributed by atoms with Gasteiger partial charge in [-0.05, 0) is 29.8 Å². The predicted octanol–water partition coefficient (Wildman–Crippen LogP) is 3.33. The Kier molecular flexibility index (Phi) is 8.11. The maximum atomic E-state index is 12.5. The van der Waals surface area contributed by atoms with Gasteiger partial charge in [0.15, 0.2) is 5.82 Å². The largest absolute Gasteiger partial charge is 0.497 e. The number of rotatable bonds is 7. The van der Waals surface area contributed by atoms with Crippen LogP contribution in [-0.2, 0) is 6.42 Å². The third-order valence-electron chi connectivity index (χ3n) is 5.76. The number of amides is 2. The highest BCUT2D eigenvalue weighted by atomic mass is 16.5. The Morgan fingerprint density at radius 1 is 1.03 bits per heavy atom. The van der Waals surface area contributed by atoms with Crippen LogP contribution in [-0.4, -0.2) is 78.6 Å². The van der Waals surface area contributed by atoms with E-state index < -0.39 is 0 Å². The van der Waals surface area contributed by atoms with Gasteiger partial charge in [-0.3, -0.25) is 15.3 Å². The smallest absolute Gasteiger partial charge is 0.323 e. The zero-order valence-corrected chi connectivity index (χ0v) is 20.1. The van der Waals surface area contributed by atoms with E-state index in [-0.39, 0.29) is 6.03 Å². The van der Waals surface area contributed by atoms with Gasteiger partial charge in [0, 0.05) is 57.6 Å². The Bertz CT molecular complexity index is 1150. The number of amidine groups is 1. The van der Waals surface area contributed by atoms with Crippen LogP contribution in [0.2, 0.25) is 0 Å². The van der Waals surface area contributed by atoms with Crippen LogP contribution in [0.5, 0.6) is 11.5 Å². The van der Waals surface area contributed by atoms with Gasteiger partial charge in [-0.25, -0.2) is 9.78 Å². The lowest BCUT2D eigenvalue weighted by atomic mass is 10.1. The van der Waals surface area contributed by atoms with Crippen LogP contribution in [0.1, 0.15) is 11.1 Å². The maximum absolute atomic E-state index is 12.5. The Hall–Kier alpha value is -4.14. The molecular weight excluding hydrogens is 444 g/mol. The Labute approximate surface area is 205 Å². The van der Waals surface area contributed by atoms with Gasteiger partial charge in [-0.2, -0.15) is 0 Å². The van der Waals surface area contributed by atoms with E-state index in [9.17, 15) is 4.79 Å². The normalized spacial score (nSPS) is 13.9. The van der Waals surface area contributed by atoms with E-state index in [1.165, 1.54) is 6.20 Å². The van der Waals surface area contributed by atoms with Gasteiger partial charge in [-0.15, -0.1) is 0 Å². The fraction of sp³-hybridized carbons (Fsp3) is 0.308. The summed E-state index contributed by atoms with van der Waals surface area (Å²) in [5.41, 5.74) is 2.15. The zero-order chi connectivity index (χ0) is 24.5. The van der Waals surface area contributed by atoms with Crippen LogP contribution in [0.4, 0.5) is 10.6 Å². The van der Waals surface area contributed by atoms with Crippen LogP contribution in [0, 0.1) is 0 Å². The van der Waals surface area contributed by atoms with Gasteiger partial charge >= 0.3 is 6.03 Å². The molecule has 1 aliphatic rings. The van der Waals surface area contributed by atoms with Gasteiger partial charge in [-0.1, -0.05) is 24.3 Å². The van der Waals surface area contributed by atoms with Crippen LogP contribution in [0.3, 0.4) is 0 Å². The van der Waals surface area contributed by atoms with Gasteiger partial charge in [0.1, 0.15) is 17.3 Å². The number of aliphatic imine (C=N–C) groups is 1. The Morgan fingerprint density at radius 2 is 1.80 bits per heavy atom. The fourth-order valence-corrected chi connectivity index (χ4v) is 3.97. The number of benzene rings is 2. The van der Waals surface area contributed by atoms with Gasteiger partial charge in [0.25, 0.3) is 0 Å². The molecule has 3 aromatic rings. The topological polar surface area (TPSA) is 92.2 Å². The molecule has 1 saturated heterocycles. The second kappa shape index (κ2) is 11.8. The van der Waals surface area contributed by atoms with Crippen molar-refractivity contribution in [2.24, 2.45) is 4.99 Å². The van der Waals surface area contributed by atoms with Crippen molar-refractivity contribution >= 4 is 17.7 Å². The first-order valence-corrected chi connectivity index (χ1v) is 11.6. The molecule has 2 heterocycles. The number of carbonyl (C=O) groups is 1. The van der Waals surface area contributed by atoms with E-state index in [0.29, 0.717) is 38.6 Å². The van der Waals surface area contributed by atoms with E-state index in [0.717, 1.165) is 34.9 Å². The summed E-state index contributed by atoms with van der Waals surface area (Å²) in [5, 5.41) is 2.79. The molecule has 2 aromatic carbocycles. The van der Waals surface area contributed by atoms with E-state index in [4.69, 9.17) is 9.47 Å². The molecule has 0 spiro atoms. The lowest BCUT2D eigenvalue weighted by Crippen LogP contribution is -2.52. The quantitative estimate of drug-likeness (QED) is 0.417. The molecule has 1 aliphatic heterocycles. The van der Waals surface area contributed by atoms with Crippen LogP contribution < -0.4 is 14.8 Å². The van der Waals surface area contributed by atoms with Crippen molar-refractivity contribution in [2.75, 3.05) is 52.3 Å². The zero-order valence-electron chi connectivity index (χ0n) is 20.1. The third kappa shape index (κ3) is 6.47. The molecule has 0 aliphatic carbocycles. The summed E-state index contributed by atoms with van der Waals surface area (Å²) in [6.07, 6.45) is 5.44. The lowest BCUT2D eigenvalue weighted by Gasteiger charge is -2.36. The maximum Gasteiger partial charge on any atom is 0.323 e. The summed E-state index contributed by atoms with van der Waals surface area (Å²) in [6, 6.07) is 15.8. The molecule has 35 heavy (non-hydrogen) atoms. The van der Waals surface area contributed by atoms with Crippen LogP contribution >= 0.6 is 0 Å². The predicted molar refractivity (Wildman–Crippen MR) is 135 cm³/mol. The molecule has 1 aromatic heterocycles. The molecule has 182 valence electrons. The summed E-state index contributed by atoms with van der Waals surface area (Å²) in [7, 11) is 3.46. The molecule has 1 fully saturated rings. The highest BCUT2D eigenvalue weighted by Gasteiger charge is 2.24. The summed E-state index contributed by atoms with van der Waals surface area (Å²) >= 11 is 0. The second-order valence-corrected chi connectivity index (χ2v) is 8.02. The van der Waals surface area contributed by atoms with Crippen molar-refractivity contribution in [3.63, 3.8) is 0 Å². The molecule has 9 nitrogen and oxygen atoms in total. The van der Waals surface area contributed by atoms with Crippen LogP contribution in [0.15, 0.2) is 72.1 Å². The molecule has 9 heteroatoms. The third-order valence-corrected chi connectivity index (χ3v) is 5.76. The number of hydrogen-bond donors (Lipinski definition) is 1. The number of nitrogens with one attached hydrogen (secondary N) is 1. The highest BCUT2D eigenvalue weighted by Crippen LogP contribution is 2.18. The summed E-state index contributed by atoms with van der Waals surface area (Å²) in [6.45, 7) is 3.10. The van der Waals surface area contributed by atoms with Crippen molar-refractivity contribution < 1.29 is 14.3 Å². The lowest BCUT2D eigenvalue weighted by molar-refractivity contribution is 0.181. The minimum atomic E-state index is -0.174. The van der Waals surface area contributed by atoms with E-state index in [1.54, 1.807) is 31.5 Å². The van der Waals surface area contributed by atoms with Crippen molar-refractivity contribution in [1.29, 1.82) is 0 Å². The molecule has 0 atom stereocenters. The number of ether oxygens (including phenoxy) is 2. The van der Waals surface area contributed by atoms with E-state index in [2.05, 4.69) is 31.2 Å². The molecule has 0 bridgehead atoms. The molecular formula is C26H30N6O3. The van der Waals surface area contributed by atoms with E-state index in [1.807, 2.05) is 42.5 Å². The fourth-order valence-electron chi connectivity index (χ4n) is 3.97. The summed E-state index contributed by atoms with van der Waals surface area (Å²) in [4.78, 5) is 29.1. The average Bonchev–Trinajstić information content (AvgIpc) is 2.90. The molecule has 0 radical (unpaired) electrons. The molecule has 2 amide bonds. The summed E-state index contributed by atoms with van der Waals surface area (Å²) in [5.74, 6) is 2.98. The standard InChI is InChI=1S/C26H30N6O3/c1-27-25(31-12-14-32(15-13-31)26(33)30-24-19-28-10-11-29-24)21-6-4-8-23(18-21)35-16-9-20-5-3-7-22(17-20)34-2/h3-8,10-11,17-19H,9,12-16H2,1-2H3,(H,29,30,33). The Morgan fingerprint density at radius 3 is 2.54 bits per heavy atom. The first kappa shape index (κ1) is 24.0. The highest BCUT2D eigenvalue weighted by molar-refractivity contribution is 5.99. The number of nitrogens with zero attached hydrogens (tertiary/aromatic N) is 5. The number of aromatic nitrogens is 2. The Balaban J connectivity index is 1.31. The molecule has 0 unspecified atom stereocenters. The number of methoxy groups -OCH3 is 1. The molecule has 4 rings (SSSR count). The number of hydrogen-bond acceptors (Lipinski definition) is 6. The van der Waals surface area contributed by atoms with Crippen LogP contribution in [0.25, 0.3) is 0 Å². The number of piperazine rings is 1. The summed E-state index contributed by atoms with van der Waals surface area (Å²) < 4.78 is 11.3. The molecule has 0 saturated carbocycles. The van der Waals surface area contributed by atoms with Gasteiger partial charge in [0.05, 0.1) is 19.9 Å². The number of anilines is 1. The second-order valence-electron chi connectivity index (χ2n) is 8.02. The van der Waals surface area contributed by atoms with Crippen molar-refractivity contribution in [3.05, 3.63) is 78.2 Å². The van der Waals surface area contributed by atoms with Crippen molar-refractivity contribution in [2.45, 2.75) is 6.42 Å². The first-order valence-electron chi connectivity index (χ1n) is 11.6. The number of carbonyl (C=O) groups excluding carboxylic acids is 1. The minimum Gasteiger partial charge on any atom is -0.497 e.